The van der Waals surface area contributed by atoms with E-state index in [1.54, 1.807) is 13.0 Å². The Morgan fingerprint density at radius 1 is 0.906 bits per heavy atom. The van der Waals surface area contributed by atoms with Crippen molar-refractivity contribution < 1.29 is 13.5 Å². The first-order valence-electron chi connectivity index (χ1n) is 12.1. The van der Waals surface area contributed by atoms with Crippen LogP contribution in [-0.4, -0.2) is 6.61 Å². The zero-order valence-electron chi connectivity index (χ0n) is 19.5. The first-order chi connectivity index (χ1) is 15.6. The van der Waals surface area contributed by atoms with E-state index in [-0.39, 0.29) is 11.3 Å². The van der Waals surface area contributed by atoms with Gasteiger partial charge in [-0.15, -0.1) is 0 Å². The van der Waals surface area contributed by atoms with E-state index in [1.807, 2.05) is 24.3 Å². The summed E-state index contributed by atoms with van der Waals surface area (Å²) in [6.45, 7) is 4.15. The number of halogens is 2. The minimum Gasteiger partial charge on any atom is -0.491 e. The monoisotopic (exact) mass is 438 g/mol. The number of rotatable bonds is 10. The molecule has 2 aromatic rings. The van der Waals surface area contributed by atoms with Gasteiger partial charge in [0.2, 0.25) is 5.82 Å². The summed E-state index contributed by atoms with van der Waals surface area (Å²) in [6, 6.07) is 10.8. The molecule has 1 aliphatic carbocycles. The molecule has 1 aliphatic rings. The molecule has 0 atom stereocenters. The van der Waals surface area contributed by atoms with Crippen LogP contribution in [0.1, 0.15) is 64.4 Å². The van der Waals surface area contributed by atoms with E-state index in [4.69, 9.17) is 4.74 Å². The molecule has 0 saturated heterocycles. The molecule has 0 N–H and O–H groups in total. The molecule has 3 rings (SSSR count). The number of hydrogen-bond donors (Lipinski definition) is 0. The topological polar surface area (TPSA) is 9.23 Å². The number of hydrogen-bond acceptors (Lipinski definition) is 1. The lowest BCUT2D eigenvalue weighted by Gasteiger charge is -2.26. The van der Waals surface area contributed by atoms with Gasteiger partial charge in [-0.05, 0) is 100 Å². The first-order valence-corrected chi connectivity index (χ1v) is 12.1. The Balaban J connectivity index is 1.46. The van der Waals surface area contributed by atoms with Crippen LogP contribution in [0.15, 0.2) is 60.7 Å². The van der Waals surface area contributed by atoms with Gasteiger partial charge in [0.05, 0.1) is 6.61 Å². The molecule has 1 nitrogen and oxygen atoms in total. The number of benzene rings is 2. The summed E-state index contributed by atoms with van der Waals surface area (Å²) in [6.07, 6.45) is 19.0. The van der Waals surface area contributed by atoms with Crippen molar-refractivity contribution in [3.05, 3.63) is 77.9 Å². The molecule has 0 amide bonds. The largest absolute Gasteiger partial charge is 0.491 e. The molecular formula is C29H36F2O. The minimum absolute atomic E-state index is 0.0423. The molecule has 172 valence electrons. The lowest BCUT2D eigenvalue weighted by atomic mass is 9.80. The van der Waals surface area contributed by atoms with Crippen LogP contribution in [0.5, 0.6) is 5.75 Å². The highest BCUT2D eigenvalue weighted by Crippen LogP contribution is 2.33. The Kier molecular flexibility index (Phi) is 9.52. The maximum Gasteiger partial charge on any atom is 0.201 e. The van der Waals surface area contributed by atoms with Crippen LogP contribution in [0.3, 0.4) is 0 Å². The Morgan fingerprint density at radius 3 is 2.34 bits per heavy atom. The molecule has 0 heterocycles. The molecule has 1 fully saturated rings. The standard InChI is InChI=1S/C29H36F2O/c1-3-5-6-9-22-12-14-23(15-13-22)10-7-8-11-24-16-18-25(19-17-24)26-20-21-27(32-4-2)29(31)28(26)30/h3,5,7,10,16-23H,4,6,8-9,11-15H2,1-2H3/b5-3+,10-7+. The van der Waals surface area contributed by atoms with Crippen LogP contribution in [-0.2, 0) is 6.42 Å². The minimum atomic E-state index is -0.926. The van der Waals surface area contributed by atoms with Gasteiger partial charge >= 0.3 is 0 Å². The van der Waals surface area contributed by atoms with Crippen LogP contribution < -0.4 is 4.74 Å². The molecule has 1 saturated carbocycles. The highest BCUT2D eigenvalue weighted by molar-refractivity contribution is 5.65. The lowest BCUT2D eigenvalue weighted by Crippen LogP contribution is -2.12. The first kappa shape index (κ1) is 24.2. The number of allylic oxidation sites excluding steroid dienone is 4. The average molecular weight is 439 g/mol. The zero-order valence-corrected chi connectivity index (χ0v) is 19.5. The summed E-state index contributed by atoms with van der Waals surface area (Å²) in [5.41, 5.74) is 2.14. The molecule has 0 radical (unpaired) electrons. The van der Waals surface area contributed by atoms with Crippen molar-refractivity contribution in [1.82, 2.24) is 0 Å². The predicted octanol–water partition coefficient (Wildman–Crippen LogP) is 8.68. The fourth-order valence-corrected chi connectivity index (χ4v) is 4.58. The van der Waals surface area contributed by atoms with E-state index < -0.39 is 11.6 Å². The van der Waals surface area contributed by atoms with E-state index in [1.165, 1.54) is 50.2 Å². The zero-order chi connectivity index (χ0) is 22.8. The van der Waals surface area contributed by atoms with Crippen LogP contribution in [0.2, 0.25) is 0 Å². The molecular weight excluding hydrogens is 402 g/mol. The third-order valence-electron chi connectivity index (χ3n) is 6.49. The van der Waals surface area contributed by atoms with Crippen LogP contribution in [0.4, 0.5) is 8.78 Å². The third kappa shape index (κ3) is 6.79. The fourth-order valence-electron chi connectivity index (χ4n) is 4.58. The molecule has 0 aromatic heterocycles. The van der Waals surface area contributed by atoms with Crippen molar-refractivity contribution in [3.63, 3.8) is 0 Å². The molecule has 3 heteroatoms. The van der Waals surface area contributed by atoms with E-state index in [0.29, 0.717) is 12.2 Å². The van der Waals surface area contributed by atoms with Crippen LogP contribution >= 0.6 is 0 Å². The second-order valence-electron chi connectivity index (χ2n) is 8.76. The maximum atomic E-state index is 14.4. The molecule has 0 spiro atoms. The molecule has 32 heavy (non-hydrogen) atoms. The van der Waals surface area contributed by atoms with Gasteiger partial charge in [-0.1, -0.05) is 48.6 Å². The molecule has 2 aromatic carbocycles. The summed E-state index contributed by atoms with van der Waals surface area (Å²) < 4.78 is 33.7. The van der Waals surface area contributed by atoms with Gasteiger partial charge in [0.25, 0.3) is 0 Å². The van der Waals surface area contributed by atoms with Crippen molar-refractivity contribution in [1.29, 1.82) is 0 Å². The van der Waals surface area contributed by atoms with Gasteiger partial charge in [0, 0.05) is 5.56 Å². The quantitative estimate of drug-likeness (QED) is 0.337. The van der Waals surface area contributed by atoms with Gasteiger partial charge in [0.15, 0.2) is 11.6 Å². The van der Waals surface area contributed by atoms with E-state index in [2.05, 4.69) is 31.2 Å². The Morgan fingerprint density at radius 2 is 1.66 bits per heavy atom. The van der Waals surface area contributed by atoms with E-state index in [9.17, 15) is 8.78 Å². The second-order valence-corrected chi connectivity index (χ2v) is 8.76. The summed E-state index contributed by atoms with van der Waals surface area (Å²) in [5, 5.41) is 0. The second kappa shape index (κ2) is 12.6. The van der Waals surface area contributed by atoms with Crippen molar-refractivity contribution in [2.24, 2.45) is 11.8 Å². The lowest BCUT2D eigenvalue weighted by molar-refractivity contribution is 0.297. The number of aryl methyl sites for hydroxylation is 1. The van der Waals surface area contributed by atoms with Crippen molar-refractivity contribution >= 4 is 0 Å². The molecule has 0 aliphatic heterocycles. The summed E-state index contributed by atoms with van der Waals surface area (Å²) in [7, 11) is 0. The highest BCUT2D eigenvalue weighted by atomic mass is 19.2. The molecule has 0 bridgehead atoms. The van der Waals surface area contributed by atoms with Gasteiger partial charge in [0.1, 0.15) is 0 Å². The van der Waals surface area contributed by atoms with Crippen LogP contribution in [0.25, 0.3) is 11.1 Å². The predicted molar refractivity (Wildman–Crippen MR) is 130 cm³/mol. The SMILES string of the molecule is C/C=C/CCC1CCC(/C=C/CCc2ccc(-c3ccc(OCC)c(F)c3F)cc2)CC1. The summed E-state index contributed by atoms with van der Waals surface area (Å²) >= 11 is 0. The smallest absolute Gasteiger partial charge is 0.201 e. The van der Waals surface area contributed by atoms with E-state index in [0.717, 1.165) is 24.7 Å². The Labute approximate surface area is 192 Å². The normalized spacial score (nSPS) is 19.1. The average Bonchev–Trinajstić information content (AvgIpc) is 2.82. The summed E-state index contributed by atoms with van der Waals surface area (Å²) in [5.74, 6) is -0.191. The van der Waals surface area contributed by atoms with Gasteiger partial charge in [-0.3, -0.25) is 0 Å². The van der Waals surface area contributed by atoms with Gasteiger partial charge in [-0.25, -0.2) is 4.39 Å². The van der Waals surface area contributed by atoms with Gasteiger partial charge < -0.3 is 4.74 Å². The Bertz CT molecular complexity index is 890. The Hall–Kier alpha value is -2.42. The van der Waals surface area contributed by atoms with Crippen LogP contribution in [0, 0.1) is 23.5 Å². The van der Waals surface area contributed by atoms with E-state index >= 15 is 0 Å². The van der Waals surface area contributed by atoms with Crippen molar-refractivity contribution in [2.75, 3.05) is 6.61 Å². The maximum absolute atomic E-state index is 14.4. The summed E-state index contributed by atoms with van der Waals surface area (Å²) in [4.78, 5) is 0. The number of ether oxygens (including phenoxy) is 1. The van der Waals surface area contributed by atoms with Crippen molar-refractivity contribution in [3.8, 4) is 16.9 Å². The fraction of sp³-hybridized carbons (Fsp3) is 0.448. The molecule has 0 unspecified atom stereocenters. The highest BCUT2D eigenvalue weighted by Gasteiger charge is 2.18. The van der Waals surface area contributed by atoms with Crippen molar-refractivity contribution in [2.45, 2.75) is 65.2 Å². The third-order valence-corrected chi connectivity index (χ3v) is 6.49. The van der Waals surface area contributed by atoms with Gasteiger partial charge in [-0.2, -0.15) is 4.39 Å².